The Labute approximate surface area is 134 Å². The van der Waals surface area contributed by atoms with Crippen LogP contribution >= 0.6 is 0 Å². The standard InChI is InChI=1S/C19H40N2/c1-15(2)14-19(11)20(16(3,4)5)13-12-18(9,10)21(19)17(6,7)8/h15H,12-14H2,1-11H3. The van der Waals surface area contributed by atoms with E-state index >= 15 is 0 Å². The van der Waals surface area contributed by atoms with E-state index in [9.17, 15) is 0 Å². The molecule has 0 aromatic heterocycles. The molecule has 1 saturated heterocycles. The number of rotatable bonds is 2. The van der Waals surface area contributed by atoms with Crippen molar-refractivity contribution in [3.8, 4) is 0 Å². The van der Waals surface area contributed by atoms with Crippen molar-refractivity contribution < 1.29 is 0 Å². The number of hydrogen-bond donors (Lipinski definition) is 0. The smallest absolute Gasteiger partial charge is 0.0724 e. The summed E-state index contributed by atoms with van der Waals surface area (Å²) in [6.07, 6.45) is 2.44. The van der Waals surface area contributed by atoms with Gasteiger partial charge in [-0.2, -0.15) is 0 Å². The first kappa shape index (κ1) is 19.0. The average molecular weight is 297 g/mol. The normalized spacial score (nSPS) is 29.1. The van der Waals surface area contributed by atoms with Gasteiger partial charge < -0.3 is 0 Å². The summed E-state index contributed by atoms with van der Waals surface area (Å²) in [5.41, 5.74) is 0.705. The zero-order chi connectivity index (χ0) is 16.9. The van der Waals surface area contributed by atoms with Crippen molar-refractivity contribution in [2.24, 2.45) is 5.92 Å². The van der Waals surface area contributed by atoms with Crippen molar-refractivity contribution in [3.63, 3.8) is 0 Å². The lowest BCUT2D eigenvalue weighted by atomic mass is 9.78. The maximum absolute atomic E-state index is 2.79. The molecule has 0 aromatic rings. The molecule has 1 aliphatic heterocycles. The Hall–Kier alpha value is -0.0800. The van der Waals surface area contributed by atoms with Crippen molar-refractivity contribution in [2.45, 2.75) is 111 Å². The average Bonchev–Trinajstić information content (AvgIpc) is 2.07. The van der Waals surface area contributed by atoms with Crippen molar-refractivity contribution >= 4 is 0 Å². The highest BCUT2D eigenvalue weighted by atomic mass is 15.5. The Morgan fingerprint density at radius 3 is 1.71 bits per heavy atom. The molecule has 1 fully saturated rings. The molecule has 1 heterocycles. The maximum atomic E-state index is 2.79. The van der Waals surface area contributed by atoms with Crippen LogP contribution in [0.15, 0.2) is 0 Å². The van der Waals surface area contributed by atoms with Gasteiger partial charge >= 0.3 is 0 Å². The van der Waals surface area contributed by atoms with E-state index in [0.717, 1.165) is 0 Å². The summed E-state index contributed by atoms with van der Waals surface area (Å²) < 4.78 is 0. The van der Waals surface area contributed by atoms with E-state index in [1.54, 1.807) is 0 Å². The number of hydrogen-bond acceptors (Lipinski definition) is 2. The van der Waals surface area contributed by atoms with E-state index in [4.69, 9.17) is 0 Å². The third kappa shape index (κ3) is 3.82. The van der Waals surface area contributed by atoms with E-state index in [0.29, 0.717) is 5.92 Å². The van der Waals surface area contributed by atoms with Crippen LogP contribution in [0.3, 0.4) is 0 Å². The van der Waals surface area contributed by atoms with Gasteiger partial charge in [-0.1, -0.05) is 13.8 Å². The Balaban J connectivity index is 3.42. The zero-order valence-corrected chi connectivity index (χ0v) is 16.6. The molecule has 0 amide bonds. The van der Waals surface area contributed by atoms with Crippen molar-refractivity contribution in [3.05, 3.63) is 0 Å². The molecule has 126 valence electrons. The van der Waals surface area contributed by atoms with Gasteiger partial charge in [-0.15, -0.1) is 0 Å². The van der Waals surface area contributed by atoms with Gasteiger partial charge in [0.1, 0.15) is 0 Å². The molecule has 0 aromatic carbocycles. The van der Waals surface area contributed by atoms with Crippen LogP contribution in [-0.4, -0.2) is 38.6 Å². The molecular formula is C19H40N2. The minimum atomic E-state index is 0.104. The molecule has 1 aliphatic rings. The summed E-state index contributed by atoms with van der Waals surface area (Å²) in [6, 6.07) is 0. The molecule has 0 radical (unpaired) electrons. The van der Waals surface area contributed by atoms with Crippen LogP contribution in [0, 0.1) is 5.92 Å². The highest BCUT2D eigenvalue weighted by Crippen LogP contribution is 2.46. The summed E-state index contributed by atoms with van der Waals surface area (Å²) in [5.74, 6) is 0.693. The third-order valence-electron chi connectivity index (χ3n) is 4.89. The largest absolute Gasteiger partial charge is 0.280 e. The van der Waals surface area contributed by atoms with E-state index in [-0.39, 0.29) is 22.3 Å². The topological polar surface area (TPSA) is 6.48 Å². The van der Waals surface area contributed by atoms with Crippen molar-refractivity contribution in [2.75, 3.05) is 6.54 Å². The molecule has 2 nitrogen and oxygen atoms in total. The monoisotopic (exact) mass is 296 g/mol. The highest BCUT2D eigenvalue weighted by molar-refractivity contribution is 5.07. The van der Waals surface area contributed by atoms with E-state index in [1.807, 2.05) is 0 Å². The molecule has 0 bridgehead atoms. The van der Waals surface area contributed by atoms with Crippen molar-refractivity contribution in [1.82, 2.24) is 9.80 Å². The molecule has 0 spiro atoms. The van der Waals surface area contributed by atoms with E-state index < -0.39 is 0 Å². The van der Waals surface area contributed by atoms with Gasteiger partial charge in [0.05, 0.1) is 5.66 Å². The summed E-state index contributed by atoms with van der Waals surface area (Å²) in [7, 11) is 0. The van der Waals surface area contributed by atoms with Crippen LogP contribution in [0.2, 0.25) is 0 Å². The lowest BCUT2D eigenvalue weighted by Crippen LogP contribution is -2.76. The van der Waals surface area contributed by atoms with Gasteiger partial charge in [0.2, 0.25) is 0 Å². The lowest BCUT2D eigenvalue weighted by Gasteiger charge is -2.67. The summed E-state index contributed by atoms with van der Waals surface area (Å²) >= 11 is 0. The van der Waals surface area contributed by atoms with Crippen LogP contribution in [0.5, 0.6) is 0 Å². The van der Waals surface area contributed by atoms with Crippen LogP contribution in [0.25, 0.3) is 0 Å². The molecule has 1 rings (SSSR count). The highest BCUT2D eigenvalue weighted by Gasteiger charge is 2.54. The van der Waals surface area contributed by atoms with E-state index in [2.05, 4.69) is 86.0 Å². The Morgan fingerprint density at radius 2 is 1.38 bits per heavy atom. The van der Waals surface area contributed by atoms with Crippen LogP contribution in [0.1, 0.15) is 89.0 Å². The number of nitrogens with zero attached hydrogens (tertiary/aromatic N) is 2. The van der Waals surface area contributed by atoms with E-state index in [1.165, 1.54) is 19.4 Å². The van der Waals surface area contributed by atoms with Gasteiger partial charge in [-0.25, -0.2) is 0 Å². The van der Waals surface area contributed by atoms with Crippen LogP contribution < -0.4 is 0 Å². The van der Waals surface area contributed by atoms with Crippen LogP contribution in [-0.2, 0) is 0 Å². The molecule has 0 saturated carbocycles. The lowest BCUT2D eigenvalue weighted by molar-refractivity contribution is -0.210. The molecule has 0 N–H and O–H groups in total. The predicted octanol–water partition coefficient (Wildman–Crippen LogP) is 5.13. The minimum Gasteiger partial charge on any atom is -0.280 e. The predicted molar refractivity (Wildman–Crippen MR) is 94.6 cm³/mol. The second-order valence-corrected chi connectivity index (χ2v) is 10.2. The second-order valence-electron chi connectivity index (χ2n) is 10.2. The first-order valence-corrected chi connectivity index (χ1v) is 8.70. The van der Waals surface area contributed by atoms with Gasteiger partial charge in [-0.3, -0.25) is 9.80 Å². The summed E-state index contributed by atoms with van der Waals surface area (Å²) in [6.45, 7) is 27.5. The molecular weight excluding hydrogens is 256 g/mol. The Kier molecular flexibility index (Phi) is 4.99. The Morgan fingerprint density at radius 1 is 0.905 bits per heavy atom. The Bertz CT molecular complexity index is 357. The fourth-order valence-corrected chi connectivity index (χ4v) is 5.17. The third-order valence-corrected chi connectivity index (χ3v) is 4.89. The minimum absolute atomic E-state index is 0.104. The molecule has 21 heavy (non-hydrogen) atoms. The second kappa shape index (κ2) is 5.53. The summed E-state index contributed by atoms with van der Waals surface area (Å²) in [5, 5.41) is 0. The van der Waals surface area contributed by atoms with Gasteiger partial charge in [0, 0.05) is 23.2 Å². The summed E-state index contributed by atoms with van der Waals surface area (Å²) in [4.78, 5) is 5.54. The first-order valence-electron chi connectivity index (χ1n) is 8.70. The van der Waals surface area contributed by atoms with Crippen LogP contribution in [0.4, 0.5) is 0 Å². The zero-order valence-electron chi connectivity index (χ0n) is 16.6. The van der Waals surface area contributed by atoms with Gasteiger partial charge in [0.15, 0.2) is 0 Å². The molecule has 2 heteroatoms. The molecule has 1 unspecified atom stereocenters. The first-order chi connectivity index (χ1) is 9.12. The van der Waals surface area contributed by atoms with Crippen molar-refractivity contribution in [1.29, 1.82) is 0 Å². The maximum Gasteiger partial charge on any atom is 0.0724 e. The quantitative estimate of drug-likeness (QED) is 0.697. The van der Waals surface area contributed by atoms with Gasteiger partial charge in [-0.05, 0) is 81.1 Å². The molecule has 0 aliphatic carbocycles. The SMILES string of the molecule is CC(C)CC1(C)N(C(C)(C)C)CCC(C)(C)N1C(C)(C)C. The fraction of sp³-hybridized carbons (Fsp3) is 1.00. The van der Waals surface area contributed by atoms with Gasteiger partial charge in [0.25, 0.3) is 0 Å². The fourth-order valence-electron chi connectivity index (χ4n) is 5.17. The molecule has 1 atom stereocenters.